The molecular formula is C64H41N3S. The van der Waals surface area contributed by atoms with Crippen LogP contribution in [0.1, 0.15) is 0 Å². The van der Waals surface area contributed by atoms with Gasteiger partial charge >= 0.3 is 0 Å². The van der Waals surface area contributed by atoms with Crippen molar-refractivity contribution in [1.29, 1.82) is 0 Å². The summed E-state index contributed by atoms with van der Waals surface area (Å²) in [5, 5.41) is 3.58. The van der Waals surface area contributed by atoms with Crippen molar-refractivity contribution in [2.24, 2.45) is 0 Å². The largest absolute Gasteiger partial charge is 0.309 e. The molecule has 0 atom stereocenters. The molecule has 0 radical (unpaired) electrons. The Kier molecular flexibility index (Phi) is 9.69. The smallest absolute Gasteiger partial charge is 0.160 e. The molecule has 13 aromatic rings. The highest BCUT2D eigenvalue weighted by atomic mass is 32.1. The van der Waals surface area contributed by atoms with Gasteiger partial charge in [-0.2, -0.15) is 0 Å². The zero-order chi connectivity index (χ0) is 45.0. The van der Waals surface area contributed by atoms with Crippen molar-refractivity contribution in [1.82, 2.24) is 14.5 Å². The van der Waals surface area contributed by atoms with Crippen LogP contribution in [0.5, 0.6) is 0 Å². The maximum absolute atomic E-state index is 5.53. The molecule has 0 saturated carbocycles. The van der Waals surface area contributed by atoms with Crippen molar-refractivity contribution in [3.8, 4) is 84.0 Å². The van der Waals surface area contributed by atoms with Crippen LogP contribution in [-0.2, 0) is 0 Å². The van der Waals surface area contributed by atoms with Crippen molar-refractivity contribution in [3.05, 3.63) is 249 Å². The minimum Gasteiger partial charge on any atom is -0.309 e. The molecule has 3 heterocycles. The third kappa shape index (κ3) is 6.98. The molecule has 68 heavy (non-hydrogen) atoms. The van der Waals surface area contributed by atoms with E-state index >= 15 is 0 Å². The minimum atomic E-state index is 0.701. The number of nitrogens with zero attached hydrogens (tertiary/aromatic N) is 3. The molecule has 0 amide bonds. The molecule has 0 aliphatic heterocycles. The molecule has 13 rings (SSSR count). The lowest BCUT2D eigenvalue weighted by molar-refractivity contribution is 1.18. The molecule has 0 aliphatic rings. The van der Waals surface area contributed by atoms with E-state index in [1.165, 1.54) is 65.4 Å². The van der Waals surface area contributed by atoms with Gasteiger partial charge in [0.15, 0.2) is 5.82 Å². The molecule has 3 nitrogen and oxygen atoms in total. The lowest BCUT2D eigenvalue weighted by atomic mass is 9.93. The van der Waals surface area contributed by atoms with Gasteiger partial charge in [-0.25, -0.2) is 9.97 Å². The molecule has 0 unspecified atom stereocenters. The Morgan fingerprint density at radius 2 is 0.838 bits per heavy atom. The highest BCUT2D eigenvalue weighted by molar-refractivity contribution is 7.26. The van der Waals surface area contributed by atoms with Gasteiger partial charge in [-0.05, 0) is 122 Å². The van der Waals surface area contributed by atoms with E-state index in [0.717, 1.165) is 54.8 Å². The first-order chi connectivity index (χ1) is 33.7. The Hall–Kier alpha value is -8.70. The van der Waals surface area contributed by atoms with Crippen LogP contribution in [0, 0.1) is 0 Å². The van der Waals surface area contributed by atoms with Crippen LogP contribution in [0.3, 0.4) is 0 Å². The maximum Gasteiger partial charge on any atom is 0.160 e. The second-order valence-corrected chi connectivity index (χ2v) is 18.4. The van der Waals surface area contributed by atoms with Crippen LogP contribution >= 0.6 is 11.3 Å². The van der Waals surface area contributed by atoms with Gasteiger partial charge in [0.05, 0.1) is 26.9 Å². The average Bonchev–Trinajstić information content (AvgIpc) is 3.97. The quantitative estimate of drug-likeness (QED) is 0.152. The summed E-state index contributed by atoms with van der Waals surface area (Å²) in [6, 6.07) is 89.4. The van der Waals surface area contributed by atoms with E-state index in [1.54, 1.807) is 11.3 Å². The Bertz CT molecular complexity index is 3950. The Morgan fingerprint density at radius 1 is 0.324 bits per heavy atom. The van der Waals surface area contributed by atoms with Crippen LogP contribution in [0.2, 0.25) is 0 Å². The standard InChI is InChI=1S/C64H41N3S/c1-5-18-42(19-6-1)46-34-35-57-56(41-46)60-54(31-17-32-58(60)67(57)53-28-11-4-12-29-53)47-25-16-26-48(37-47)61-63-62(55-30-13-14-33-59(55)68-63)66-64(65-61)49-27-15-24-45(36-49)52-39-50(43-20-7-2-8-21-43)38-51(40-52)44-22-9-3-10-23-44/h1-41H. The van der Waals surface area contributed by atoms with Crippen molar-refractivity contribution in [2.45, 2.75) is 0 Å². The van der Waals surface area contributed by atoms with E-state index < -0.39 is 0 Å². The van der Waals surface area contributed by atoms with Gasteiger partial charge in [-0.15, -0.1) is 11.3 Å². The Balaban J connectivity index is 0.982. The summed E-state index contributed by atoms with van der Waals surface area (Å²) in [5.74, 6) is 0.701. The molecule has 0 fully saturated rings. The summed E-state index contributed by atoms with van der Waals surface area (Å²) >= 11 is 1.76. The fraction of sp³-hybridized carbons (Fsp3) is 0. The minimum absolute atomic E-state index is 0.701. The lowest BCUT2D eigenvalue weighted by Crippen LogP contribution is -1.95. The number of benzene rings is 10. The molecule has 0 aliphatic carbocycles. The van der Waals surface area contributed by atoms with Gasteiger partial charge < -0.3 is 4.57 Å². The summed E-state index contributed by atoms with van der Waals surface area (Å²) < 4.78 is 4.68. The first-order valence-corrected chi connectivity index (χ1v) is 23.9. The average molecular weight is 884 g/mol. The highest BCUT2D eigenvalue weighted by Gasteiger charge is 2.21. The van der Waals surface area contributed by atoms with Gasteiger partial charge in [0.25, 0.3) is 0 Å². The van der Waals surface area contributed by atoms with E-state index in [4.69, 9.17) is 9.97 Å². The molecular weight excluding hydrogens is 843 g/mol. The molecule has 4 heteroatoms. The fourth-order valence-electron chi connectivity index (χ4n) is 9.95. The normalized spacial score (nSPS) is 11.5. The molecule has 0 bridgehead atoms. The van der Waals surface area contributed by atoms with Crippen molar-refractivity contribution in [3.63, 3.8) is 0 Å². The fourth-order valence-corrected chi connectivity index (χ4v) is 11.1. The molecule has 318 valence electrons. The number of aromatic nitrogens is 3. The predicted octanol–water partition coefficient (Wildman–Crippen LogP) is 17.6. The number of rotatable bonds is 8. The van der Waals surface area contributed by atoms with Crippen molar-refractivity contribution >= 4 is 53.4 Å². The number of para-hydroxylation sites is 1. The third-order valence-electron chi connectivity index (χ3n) is 13.2. The van der Waals surface area contributed by atoms with Crippen molar-refractivity contribution in [2.75, 3.05) is 0 Å². The van der Waals surface area contributed by atoms with E-state index in [-0.39, 0.29) is 0 Å². The van der Waals surface area contributed by atoms with Crippen LogP contribution in [0.15, 0.2) is 249 Å². The second-order valence-electron chi connectivity index (χ2n) is 17.3. The summed E-state index contributed by atoms with van der Waals surface area (Å²) in [4.78, 5) is 10.9. The molecule has 0 saturated heterocycles. The van der Waals surface area contributed by atoms with Crippen LogP contribution in [-0.4, -0.2) is 14.5 Å². The Morgan fingerprint density at radius 3 is 1.54 bits per heavy atom. The second kappa shape index (κ2) is 16.6. The van der Waals surface area contributed by atoms with Gasteiger partial charge in [-0.3, -0.25) is 0 Å². The molecule has 3 aromatic heterocycles. The molecule has 0 N–H and O–H groups in total. The van der Waals surface area contributed by atoms with E-state index in [0.29, 0.717) is 5.82 Å². The zero-order valence-electron chi connectivity index (χ0n) is 36.9. The van der Waals surface area contributed by atoms with Crippen LogP contribution in [0.4, 0.5) is 0 Å². The topological polar surface area (TPSA) is 30.7 Å². The number of fused-ring (bicyclic) bond motifs is 6. The van der Waals surface area contributed by atoms with Crippen LogP contribution < -0.4 is 0 Å². The summed E-state index contributed by atoms with van der Waals surface area (Å²) in [5.41, 5.74) is 19.1. The molecule has 0 spiro atoms. The SMILES string of the molecule is c1ccc(-c2cc(-c3ccccc3)cc(-c3cccc(-c4nc(-c5cccc(-c6cccc7c6c6cc(-c8ccccc8)ccc6n7-c6ccccc6)c5)c5sc6ccccc6c5n4)c3)c2)cc1. The monoisotopic (exact) mass is 883 g/mol. The third-order valence-corrected chi connectivity index (χ3v) is 14.3. The first-order valence-electron chi connectivity index (χ1n) is 23.1. The maximum atomic E-state index is 5.53. The molecule has 10 aromatic carbocycles. The van der Waals surface area contributed by atoms with E-state index in [2.05, 4.69) is 253 Å². The van der Waals surface area contributed by atoms with Gasteiger partial charge in [0.1, 0.15) is 0 Å². The predicted molar refractivity (Wildman–Crippen MR) is 287 cm³/mol. The first kappa shape index (κ1) is 39.6. The number of thiophene rings is 1. The van der Waals surface area contributed by atoms with Gasteiger partial charge in [0, 0.05) is 37.7 Å². The number of hydrogen-bond acceptors (Lipinski definition) is 3. The summed E-state index contributed by atoms with van der Waals surface area (Å²) in [6.07, 6.45) is 0. The van der Waals surface area contributed by atoms with Crippen LogP contribution in [0.25, 0.3) is 126 Å². The van der Waals surface area contributed by atoms with Gasteiger partial charge in [-0.1, -0.05) is 182 Å². The van der Waals surface area contributed by atoms with E-state index in [9.17, 15) is 0 Å². The zero-order valence-corrected chi connectivity index (χ0v) is 37.7. The number of hydrogen-bond donors (Lipinski definition) is 0. The van der Waals surface area contributed by atoms with Crippen molar-refractivity contribution < 1.29 is 0 Å². The van der Waals surface area contributed by atoms with Gasteiger partial charge in [0.2, 0.25) is 0 Å². The highest BCUT2D eigenvalue weighted by Crippen LogP contribution is 2.44. The Labute approximate surface area is 398 Å². The summed E-state index contributed by atoms with van der Waals surface area (Å²) in [7, 11) is 0. The lowest BCUT2D eigenvalue weighted by Gasteiger charge is -2.13. The van der Waals surface area contributed by atoms with E-state index in [1.807, 2.05) is 0 Å². The summed E-state index contributed by atoms with van der Waals surface area (Å²) in [6.45, 7) is 0.